The molecule has 0 aliphatic rings. The highest BCUT2D eigenvalue weighted by Gasteiger charge is 2.16. The van der Waals surface area contributed by atoms with Crippen LogP contribution in [0.3, 0.4) is 0 Å². The van der Waals surface area contributed by atoms with Crippen molar-refractivity contribution in [2.24, 2.45) is 0 Å². The lowest BCUT2D eigenvalue weighted by Crippen LogP contribution is -2.20. The highest BCUT2D eigenvalue weighted by Crippen LogP contribution is 2.28. The number of benzene rings is 1. The van der Waals surface area contributed by atoms with E-state index in [0.29, 0.717) is 10.7 Å². The summed E-state index contributed by atoms with van der Waals surface area (Å²) < 4.78 is 21.2. The number of rotatable bonds is 2. The third-order valence-electron chi connectivity index (χ3n) is 2.93. The van der Waals surface area contributed by atoms with Crippen molar-refractivity contribution in [1.29, 1.82) is 0 Å². The van der Waals surface area contributed by atoms with Crippen molar-refractivity contribution in [3.05, 3.63) is 56.8 Å². The normalized spacial score (nSPS) is 11.0. The van der Waals surface area contributed by atoms with E-state index in [4.69, 9.17) is 27.9 Å². The highest BCUT2D eigenvalue weighted by atomic mass is 35.5. The maximum absolute atomic E-state index is 14.1. The molecule has 0 bridgehead atoms. The van der Waals surface area contributed by atoms with Gasteiger partial charge >= 0.3 is 5.69 Å². The highest BCUT2D eigenvalue weighted by molar-refractivity contribution is 6.32. The lowest BCUT2D eigenvalue weighted by Gasteiger charge is -2.07. The van der Waals surface area contributed by atoms with Gasteiger partial charge in [0.05, 0.1) is 17.2 Å². The zero-order chi connectivity index (χ0) is 15.1. The van der Waals surface area contributed by atoms with Crippen LogP contribution >= 0.6 is 23.2 Å². The van der Waals surface area contributed by atoms with E-state index in [9.17, 15) is 9.18 Å². The summed E-state index contributed by atoms with van der Waals surface area (Å²) >= 11 is 11.7. The first kappa shape index (κ1) is 13.9. The molecule has 2 aromatic heterocycles. The maximum atomic E-state index is 14.1. The van der Waals surface area contributed by atoms with E-state index in [2.05, 4.69) is 5.10 Å². The van der Waals surface area contributed by atoms with Gasteiger partial charge in [-0.1, -0.05) is 23.2 Å². The van der Waals surface area contributed by atoms with Crippen LogP contribution in [0.2, 0.25) is 10.0 Å². The molecule has 0 fully saturated rings. The Kier molecular flexibility index (Phi) is 3.35. The SMILES string of the molecule is COc1cc(-n2nc3ccc(Cl)cn3c2=O)c(F)cc1Cl. The Morgan fingerprint density at radius 2 is 2.05 bits per heavy atom. The van der Waals surface area contributed by atoms with Crippen LogP contribution in [0.4, 0.5) is 4.39 Å². The van der Waals surface area contributed by atoms with E-state index >= 15 is 0 Å². The lowest BCUT2D eigenvalue weighted by molar-refractivity contribution is 0.413. The van der Waals surface area contributed by atoms with E-state index in [1.807, 2.05) is 0 Å². The molecule has 0 aliphatic carbocycles. The average molecular weight is 328 g/mol. The van der Waals surface area contributed by atoms with Crippen molar-refractivity contribution in [2.75, 3.05) is 7.11 Å². The lowest BCUT2D eigenvalue weighted by atomic mass is 10.3. The number of hydrogen-bond donors (Lipinski definition) is 0. The molecule has 5 nitrogen and oxygen atoms in total. The Labute approximate surface area is 128 Å². The number of ether oxygens (including phenoxy) is 1. The van der Waals surface area contributed by atoms with Crippen LogP contribution in [-0.4, -0.2) is 21.3 Å². The summed E-state index contributed by atoms with van der Waals surface area (Å²) in [4.78, 5) is 12.3. The Balaban J connectivity index is 2.30. The largest absolute Gasteiger partial charge is 0.495 e. The summed E-state index contributed by atoms with van der Waals surface area (Å²) in [6, 6.07) is 5.53. The summed E-state index contributed by atoms with van der Waals surface area (Å²) in [5, 5.41) is 4.54. The quantitative estimate of drug-likeness (QED) is 0.727. The number of fused-ring (bicyclic) bond motifs is 1. The Morgan fingerprint density at radius 3 is 2.76 bits per heavy atom. The standard InChI is InChI=1S/C13H8Cl2FN3O2/c1-21-11-5-10(9(16)4-8(11)15)19-13(20)18-6-7(14)2-3-12(18)17-19/h2-6H,1H3. The van der Waals surface area contributed by atoms with Crippen LogP contribution in [0.5, 0.6) is 5.75 Å². The minimum absolute atomic E-state index is 0.0546. The average Bonchev–Trinajstić information content (AvgIpc) is 2.76. The predicted octanol–water partition coefficient (Wildman–Crippen LogP) is 2.94. The second-order valence-electron chi connectivity index (χ2n) is 4.21. The van der Waals surface area contributed by atoms with Crippen LogP contribution in [-0.2, 0) is 0 Å². The predicted molar refractivity (Wildman–Crippen MR) is 77.3 cm³/mol. The van der Waals surface area contributed by atoms with Crippen molar-refractivity contribution in [3.63, 3.8) is 0 Å². The van der Waals surface area contributed by atoms with Crippen LogP contribution in [0.25, 0.3) is 11.3 Å². The molecule has 0 radical (unpaired) electrons. The van der Waals surface area contributed by atoms with Gasteiger partial charge in [-0.2, -0.15) is 4.68 Å². The number of methoxy groups -OCH3 is 1. The smallest absolute Gasteiger partial charge is 0.355 e. The Hall–Kier alpha value is -2.05. The molecule has 1 aromatic carbocycles. The Morgan fingerprint density at radius 1 is 1.29 bits per heavy atom. The summed E-state index contributed by atoms with van der Waals surface area (Å²) in [7, 11) is 1.40. The van der Waals surface area contributed by atoms with E-state index in [-0.39, 0.29) is 16.5 Å². The molecule has 8 heteroatoms. The molecule has 0 aliphatic heterocycles. The summed E-state index contributed by atoms with van der Waals surface area (Å²) in [6.07, 6.45) is 1.41. The van der Waals surface area contributed by atoms with E-state index in [1.54, 1.807) is 12.1 Å². The van der Waals surface area contributed by atoms with Gasteiger partial charge in [0.25, 0.3) is 0 Å². The van der Waals surface area contributed by atoms with Crippen molar-refractivity contribution >= 4 is 28.8 Å². The van der Waals surface area contributed by atoms with Crippen LogP contribution in [0, 0.1) is 5.82 Å². The van der Waals surface area contributed by atoms with Crippen LogP contribution in [0.1, 0.15) is 0 Å². The number of aromatic nitrogens is 3. The zero-order valence-electron chi connectivity index (χ0n) is 10.7. The fourth-order valence-electron chi connectivity index (χ4n) is 1.94. The van der Waals surface area contributed by atoms with Gasteiger partial charge in [-0.15, -0.1) is 5.10 Å². The fourth-order valence-corrected chi connectivity index (χ4v) is 2.33. The van der Waals surface area contributed by atoms with E-state index in [0.717, 1.165) is 10.7 Å². The maximum Gasteiger partial charge on any atom is 0.355 e. The number of halogens is 3. The fraction of sp³-hybridized carbons (Fsp3) is 0.0769. The zero-order valence-corrected chi connectivity index (χ0v) is 12.2. The van der Waals surface area contributed by atoms with Gasteiger partial charge in [0.1, 0.15) is 11.4 Å². The molecule has 0 unspecified atom stereocenters. The van der Waals surface area contributed by atoms with Gasteiger partial charge in [-0.05, 0) is 18.2 Å². The molecule has 0 atom stereocenters. The molecule has 108 valence electrons. The van der Waals surface area contributed by atoms with Crippen molar-refractivity contribution in [1.82, 2.24) is 14.2 Å². The van der Waals surface area contributed by atoms with Gasteiger partial charge in [0.2, 0.25) is 0 Å². The minimum Gasteiger partial charge on any atom is -0.495 e. The van der Waals surface area contributed by atoms with Crippen LogP contribution in [0.15, 0.2) is 35.3 Å². The second kappa shape index (κ2) is 5.05. The third-order valence-corrected chi connectivity index (χ3v) is 3.45. The minimum atomic E-state index is -0.683. The summed E-state index contributed by atoms with van der Waals surface area (Å²) in [5.41, 5.74) is -0.255. The van der Waals surface area contributed by atoms with Crippen LogP contribution < -0.4 is 10.4 Å². The van der Waals surface area contributed by atoms with E-state index in [1.165, 1.54) is 23.8 Å². The van der Waals surface area contributed by atoms with Crippen molar-refractivity contribution in [3.8, 4) is 11.4 Å². The summed E-state index contributed by atoms with van der Waals surface area (Å²) in [6.45, 7) is 0. The molecule has 0 saturated heterocycles. The monoisotopic (exact) mass is 327 g/mol. The molecule has 0 N–H and O–H groups in total. The first-order valence-electron chi connectivity index (χ1n) is 5.81. The number of pyridine rings is 1. The molecule has 3 aromatic rings. The number of hydrogen-bond acceptors (Lipinski definition) is 3. The molecule has 0 saturated carbocycles. The molecular formula is C13H8Cl2FN3O2. The Bertz CT molecular complexity index is 904. The van der Waals surface area contributed by atoms with Crippen molar-refractivity contribution in [2.45, 2.75) is 0 Å². The molecule has 3 rings (SSSR count). The van der Waals surface area contributed by atoms with Gasteiger partial charge < -0.3 is 4.74 Å². The van der Waals surface area contributed by atoms with E-state index < -0.39 is 11.5 Å². The van der Waals surface area contributed by atoms with Gasteiger partial charge in [-0.25, -0.2) is 13.6 Å². The molecule has 0 spiro atoms. The first-order valence-corrected chi connectivity index (χ1v) is 6.57. The second-order valence-corrected chi connectivity index (χ2v) is 5.05. The number of nitrogens with zero attached hydrogens (tertiary/aromatic N) is 3. The van der Waals surface area contributed by atoms with Gasteiger partial charge in [0.15, 0.2) is 11.5 Å². The molecule has 21 heavy (non-hydrogen) atoms. The first-order chi connectivity index (χ1) is 10.0. The topological polar surface area (TPSA) is 48.5 Å². The molecule has 2 heterocycles. The third kappa shape index (κ3) is 2.26. The van der Waals surface area contributed by atoms with Gasteiger partial charge in [-0.3, -0.25) is 0 Å². The van der Waals surface area contributed by atoms with Gasteiger partial charge in [0, 0.05) is 12.3 Å². The molecular weight excluding hydrogens is 320 g/mol. The summed E-state index contributed by atoms with van der Waals surface area (Å²) in [5.74, 6) is -0.438. The molecule has 0 amide bonds. The van der Waals surface area contributed by atoms with Crippen molar-refractivity contribution < 1.29 is 9.13 Å².